The van der Waals surface area contributed by atoms with Crippen molar-refractivity contribution in [2.45, 2.75) is 0 Å². The number of halogens is 2. The summed E-state index contributed by atoms with van der Waals surface area (Å²) in [5.74, 6) is -1.18. The SMILES string of the molecule is O=C(O)c1c(Cl)cc(-c2cc[n+]([O-])cc2)cc1Cl. The molecule has 1 N–H and O–H groups in total. The molecule has 0 unspecified atom stereocenters. The first-order chi connectivity index (χ1) is 8.49. The van der Waals surface area contributed by atoms with Gasteiger partial charge in [-0.25, -0.2) is 4.79 Å². The van der Waals surface area contributed by atoms with E-state index in [2.05, 4.69) is 0 Å². The molecule has 0 saturated heterocycles. The minimum absolute atomic E-state index is 0.0591. The molecule has 0 aliphatic rings. The first kappa shape index (κ1) is 12.7. The summed E-state index contributed by atoms with van der Waals surface area (Å²) in [6.07, 6.45) is 2.67. The van der Waals surface area contributed by atoms with Crippen LogP contribution in [0.25, 0.3) is 11.1 Å². The zero-order chi connectivity index (χ0) is 13.3. The van der Waals surface area contributed by atoms with Crippen LogP contribution in [0.4, 0.5) is 0 Å². The molecule has 0 spiro atoms. The molecule has 6 heteroatoms. The molecule has 4 nitrogen and oxygen atoms in total. The second-order valence-corrected chi connectivity index (χ2v) is 4.38. The number of aromatic nitrogens is 1. The first-order valence-electron chi connectivity index (χ1n) is 4.90. The van der Waals surface area contributed by atoms with Crippen molar-refractivity contribution in [1.29, 1.82) is 0 Å². The molecule has 0 aliphatic heterocycles. The molecule has 0 radical (unpaired) electrons. The normalized spacial score (nSPS) is 10.3. The Morgan fingerprint density at radius 2 is 1.61 bits per heavy atom. The molecule has 2 rings (SSSR count). The standard InChI is InChI=1S/C12H7Cl2NO3/c13-9-5-8(6-10(14)11(9)12(16)17)7-1-3-15(18)4-2-7/h1-6H,(H,16,17). The summed E-state index contributed by atoms with van der Waals surface area (Å²) in [6.45, 7) is 0. The highest BCUT2D eigenvalue weighted by Crippen LogP contribution is 2.31. The van der Waals surface area contributed by atoms with E-state index in [9.17, 15) is 10.0 Å². The van der Waals surface area contributed by atoms with Crippen LogP contribution < -0.4 is 4.73 Å². The van der Waals surface area contributed by atoms with E-state index in [4.69, 9.17) is 28.3 Å². The minimum atomic E-state index is -1.18. The fourth-order valence-corrected chi connectivity index (χ4v) is 2.20. The van der Waals surface area contributed by atoms with Crippen molar-refractivity contribution in [3.8, 4) is 11.1 Å². The summed E-state index contributed by atoms with van der Waals surface area (Å²) < 4.78 is 0.651. The fraction of sp³-hybridized carbons (Fsp3) is 0. The predicted octanol–water partition coefficient (Wildman–Crippen LogP) is 2.99. The third-order valence-corrected chi connectivity index (χ3v) is 2.99. The van der Waals surface area contributed by atoms with Crippen molar-refractivity contribution in [3.05, 3.63) is 57.5 Å². The van der Waals surface area contributed by atoms with Crippen molar-refractivity contribution in [2.24, 2.45) is 0 Å². The maximum Gasteiger partial charge on any atom is 0.338 e. The van der Waals surface area contributed by atoms with Gasteiger partial charge in [0.1, 0.15) is 0 Å². The van der Waals surface area contributed by atoms with Gasteiger partial charge in [-0.15, -0.1) is 0 Å². The zero-order valence-electron chi connectivity index (χ0n) is 8.93. The number of benzene rings is 1. The number of rotatable bonds is 2. The molecule has 92 valence electrons. The van der Waals surface area contributed by atoms with Crippen LogP contribution in [0.2, 0.25) is 10.0 Å². The van der Waals surface area contributed by atoms with E-state index < -0.39 is 5.97 Å². The van der Waals surface area contributed by atoms with Gasteiger partial charge in [0.15, 0.2) is 12.4 Å². The van der Waals surface area contributed by atoms with Gasteiger partial charge in [-0.1, -0.05) is 23.2 Å². The summed E-state index contributed by atoms with van der Waals surface area (Å²) in [5, 5.41) is 20.0. The molecule has 0 aliphatic carbocycles. The van der Waals surface area contributed by atoms with Crippen LogP contribution in [0.5, 0.6) is 0 Å². The summed E-state index contributed by atoms with van der Waals surface area (Å²) in [4.78, 5) is 10.9. The van der Waals surface area contributed by atoms with Gasteiger partial charge in [0.25, 0.3) is 0 Å². The van der Waals surface area contributed by atoms with Gasteiger partial charge in [0.2, 0.25) is 0 Å². The third kappa shape index (κ3) is 2.39. The number of hydrogen-bond acceptors (Lipinski definition) is 2. The summed E-state index contributed by atoms with van der Waals surface area (Å²) in [7, 11) is 0. The van der Waals surface area contributed by atoms with E-state index in [0.29, 0.717) is 10.3 Å². The topological polar surface area (TPSA) is 64.2 Å². The Morgan fingerprint density at radius 3 is 2.06 bits per heavy atom. The average Bonchev–Trinajstić information content (AvgIpc) is 2.28. The summed E-state index contributed by atoms with van der Waals surface area (Å²) in [5.41, 5.74) is 1.25. The van der Waals surface area contributed by atoms with E-state index >= 15 is 0 Å². The van der Waals surface area contributed by atoms with Gasteiger partial charge in [0, 0.05) is 12.1 Å². The molecule has 0 atom stereocenters. The maximum atomic E-state index is 10.9. The molecule has 2 aromatic rings. The fourth-order valence-electron chi connectivity index (χ4n) is 1.55. The highest BCUT2D eigenvalue weighted by Gasteiger charge is 2.15. The molecule has 0 bridgehead atoms. The van der Waals surface area contributed by atoms with Gasteiger partial charge in [-0.3, -0.25) is 0 Å². The lowest BCUT2D eigenvalue weighted by atomic mass is 10.0. The highest BCUT2D eigenvalue weighted by atomic mass is 35.5. The Bertz CT molecular complexity index is 588. The van der Waals surface area contributed by atoms with Crippen molar-refractivity contribution in [2.75, 3.05) is 0 Å². The maximum absolute atomic E-state index is 10.9. The largest absolute Gasteiger partial charge is 0.619 e. The van der Waals surface area contributed by atoms with Crippen molar-refractivity contribution < 1.29 is 14.6 Å². The Morgan fingerprint density at radius 1 is 1.11 bits per heavy atom. The van der Waals surface area contributed by atoms with E-state index in [1.807, 2.05) is 0 Å². The second kappa shape index (κ2) is 4.84. The summed E-state index contributed by atoms with van der Waals surface area (Å²) >= 11 is 11.8. The van der Waals surface area contributed by atoms with Gasteiger partial charge < -0.3 is 10.3 Å². The number of aromatic carboxylic acids is 1. The Balaban J connectivity index is 2.54. The molecule has 0 amide bonds. The lowest BCUT2D eigenvalue weighted by Gasteiger charge is -2.07. The Hall–Kier alpha value is -1.78. The van der Waals surface area contributed by atoms with E-state index in [1.54, 1.807) is 12.1 Å². The molecular formula is C12H7Cl2NO3. The van der Waals surface area contributed by atoms with Crippen LogP contribution in [0.15, 0.2) is 36.7 Å². The van der Waals surface area contributed by atoms with Crippen LogP contribution >= 0.6 is 23.2 Å². The van der Waals surface area contributed by atoms with Crippen molar-refractivity contribution in [1.82, 2.24) is 0 Å². The first-order valence-corrected chi connectivity index (χ1v) is 5.66. The Labute approximate surface area is 113 Å². The smallest absolute Gasteiger partial charge is 0.338 e. The lowest BCUT2D eigenvalue weighted by molar-refractivity contribution is -0.605. The zero-order valence-corrected chi connectivity index (χ0v) is 10.4. The van der Waals surface area contributed by atoms with Crippen LogP contribution in [-0.4, -0.2) is 11.1 Å². The monoisotopic (exact) mass is 283 g/mol. The lowest BCUT2D eigenvalue weighted by Crippen LogP contribution is -2.23. The molecule has 1 heterocycles. The molecule has 18 heavy (non-hydrogen) atoms. The third-order valence-electron chi connectivity index (χ3n) is 2.39. The average molecular weight is 284 g/mol. The van der Waals surface area contributed by atoms with Gasteiger partial charge in [-0.05, 0) is 23.3 Å². The van der Waals surface area contributed by atoms with Crippen LogP contribution in [0.3, 0.4) is 0 Å². The second-order valence-electron chi connectivity index (χ2n) is 3.57. The Kier molecular flexibility index (Phi) is 3.41. The van der Waals surface area contributed by atoms with Gasteiger partial charge >= 0.3 is 5.97 Å². The van der Waals surface area contributed by atoms with Crippen molar-refractivity contribution in [3.63, 3.8) is 0 Å². The van der Waals surface area contributed by atoms with E-state index in [-0.39, 0.29) is 15.6 Å². The molecule has 0 saturated carbocycles. The van der Waals surface area contributed by atoms with Crippen molar-refractivity contribution >= 4 is 29.2 Å². The molecule has 1 aromatic carbocycles. The number of pyridine rings is 1. The summed E-state index contributed by atoms with van der Waals surface area (Å²) in [6, 6.07) is 6.19. The number of carbonyl (C=O) groups is 1. The highest BCUT2D eigenvalue weighted by molar-refractivity contribution is 6.39. The van der Waals surface area contributed by atoms with Crippen LogP contribution in [-0.2, 0) is 0 Å². The van der Waals surface area contributed by atoms with E-state index in [0.717, 1.165) is 5.56 Å². The number of hydrogen-bond donors (Lipinski definition) is 1. The minimum Gasteiger partial charge on any atom is -0.619 e. The number of carboxylic acids is 1. The molecule has 1 aromatic heterocycles. The molecular weight excluding hydrogens is 277 g/mol. The number of carboxylic acid groups (broad SMARTS) is 1. The number of nitrogens with zero attached hydrogens (tertiary/aromatic N) is 1. The van der Waals surface area contributed by atoms with Gasteiger partial charge in [0.05, 0.1) is 15.6 Å². The van der Waals surface area contributed by atoms with Gasteiger partial charge in [-0.2, -0.15) is 4.73 Å². The molecule has 0 fully saturated rings. The predicted molar refractivity (Wildman–Crippen MR) is 67.8 cm³/mol. The quantitative estimate of drug-likeness (QED) is 0.681. The van der Waals surface area contributed by atoms with Crippen LogP contribution in [0.1, 0.15) is 10.4 Å². The van der Waals surface area contributed by atoms with Crippen LogP contribution in [0, 0.1) is 5.21 Å². The van der Waals surface area contributed by atoms with E-state index in [1.165, 1.54) is 24.5 Å².